The highest BCUT2D eigenvalue weighted by atomic mass is 19.1. The van der Waals surface area contributed by atoms with Gasteiger partial charge in [0.2, 0.25) is 0 Å². The van der Waals surface area contributed by atoms with Crippen LogP contribution < -0.4 is 4.74 Å². The van der Waals surface area contributed by atoms with Gasteiger partial charge in [0, 0.05) is 19.6 Å². The van der Waals surface area contributed by atoms with Crippen molar-refractivity contribution < 1.29 is 19.0 Å². The van der Waals surface area contributed by atoms with E-state index in [1.165, 1.54) is 0 Å². The highest BCUT2D eigenvalue weighted by Crippen LogP contribution is 2.25. The summed E-state index contributed by atoms with van der Waals surface area (Å²) in [5, 5.41) is 17.9. The summed E-state index contributed by atoms with van der Waals surface area (Å²) in [6.07, 6.45) is -1.23. The molecular formula is C17H21FN2O3. The van der Waals surface area contributed by atoms with Crippen LogP contribution in [0.25, 0.3) is 0 Å². The summed E-state index contributed by atoms with van der Waals surface area (Å²) in [5.74, 6) is -0.347. The molecule has 1 fully saturated rings. The smallest absolute Gasteiger partial charge is 0.310 e. The first-order valence-corrected chi connectivity index (χ1v) is 7.58. The Morgan fingerprint density at radius 1 is 1.48 bits per heavy atom. The van der Waals surface area contributed by atoms with E-state index in [1.54, 1.807) is 38.1 Å². The van der Waals surface area contributed by atoms with E-state index in [2.05, 4.69) is 0 Å². The van der Waals surface area contributed by atoms with Gasteiger partial charge in [0.25, 0.3) is 0 Å². The molecule has 2 unspecified atom stereocenters. The summed E-state index contributed by atoms with van der Waals surface area (Å²) < 4.78 is 20.0. The van der Waals surface area contributed by atoms with Crippen LogP contribution in [0, 0.1) is 16.7 Å². The number of hydrogen-bond donors (Lipinski definition) is 1. The normalized spacial score (nSPS) is 22.3. The standard InChI is InChI=1S/C17H21FN2O3/c1-17(2,16(21)22)11-20-8-7-15(14(18)10-20)23-13-5-3-12(9-19)4-6-13/h3-6,14-15H,7-8,10-11H2,1-2H3,(H,21,22). The number of carbonyl (C=O) groups is 1. The third-order valence-corrected chi connectivity index (χ3v) is 4.03. The lowest BCUT2D eigenvalue weighted by molar-refractivity contribution is -0.148. The Kier molecular flexibility index (Phi) is 5.22. The molecule has 0 bridgehead atoms. The number of rotatable bonds is 5. The number of likely N-dealkylation sites (tertiary alicyclic amines) is 1. The van der Waals surface area contributed by atoms with Crippen LogP contribution in [-0.4, -0.2) is 47.9 Å². The minimum Gasteiger partial charge on any atom is -0.487 e. The highest BCUT2D eigenvalue weighted by Gasteiger charge is 2.36. The van der Waals surface area contributed by atoms with Gasteiger partial charge < -0.3 is 9.84 Å². The van der Waals surface area contributed by atoms with Crippen molar-refractivity contribution in [3.63, 3.8) is 0 Å². The molecule has 0 spiro atoms. The Morgan fingerprint density at radius 3 is 2.65 bits per heavy atom. The van der Waals surface area contributed by atoms with Crippen molar-refractivity contribution in [2.24, 2.45) is 5.41 Å². The molecule has 1 N–H and O–H groups in total. The van der Waals surface area contributed by atoms with E-state index in [4.69, 9.17) is 15.1 Å². The third kappa shape index (κ3) is 4.42. The van der Waals surface area contributed by atoms with Gasteiger partial charge in [0.05, 0.1) is 17.0 Å². The Bertz CT molecular complexity index is 595. The van der Waals surface area contributed by atoms with Crippen molar-refractivity contribution in [1.29, 1.82) is 5.26 Å². The number of carboxylic acid groups (broad SMARTS) is 1. The molecule has 0 amide bonds. The lowest BCUT2D eigenvalue weighted by Crippen LogP contribution is -2.50. The van der Waals surface area contributed by atoms with Gasteiger partial charge in [-0.2, -0.15) is 5.26 Å². The van der Waals surface area contributed by atoms with E-state index >= 15 is 0 Å². The molecule has 23 heavy (non-hydrogen) atoms. The first kappa shape index (κ1) is 17.2. The Morgan fingerprint density at radius 2 is 2.13 bits per heavy atom. The van der Waals surface area contributed by atoms with Crippen LogP contribution >= 0.6 is 0 Å². The molecule has 0 radical (unpaired) electrons. The lowest BCUT2D eigenvalue weighted by atomic mass is 9.91. The van der Waals surface area contributed by atoms with Crippen molar-refractivity contribution >= 4 is 5.97 Å². The van der Waals surface area contributed by atoms with Crippen molar-refractivity contribution in [2.75, 3.05) is 19.6 Å². The van der Waals surface area contributed by atoms with Crippen molar-refractivity contribution in [3.8, 4) is 11.8 Å². The maximum atomic E-state index is 14.3. The van der Waals surface area contributed by atoms with E-state index in [0.717, 1.165) is 0 Å². The quantitative estimate of drug-likeness (QED) is 0.902. The summed E-state index contributed by atoms with van der Waals surface area (Å²) in [6, 6.07) is 8.60. The number of nitrogens with zero attached hydrogens (tertiary/aromatic N) is 2. The molecule has 6 heteroatoms. The van der Waals surface area contributed by atoms with Crippen LogP contribution in [0.3, 0.4) is 0 Å². The largest absolute Gasteiger partial charge is 0.487 e. The second kappa shape index (κ2) is 6.97. The number of aliphatic carboxylic acids is 1. The molecule has 2 rings (SSSR count). The summed E-state index contributed by atoms with van der Waals surface area (Å²) in [7, 11) is 0. The fraction of sp³-hybridized carbons (Fsp3) is 0.529. The van der Waals surface area contributed by atoms with Gasteiger partial charge in [-0.25, -0.2) is 4.39 Å². The molecule has 124 valence electrons. The number of benzene rings is 1. The zero-order valence-corrected chi connectivity index (χ0v) is 13.3. The number of hydrogen-bond acceptors (Lipinski definition) is 4. The van der Waals surface area contributed by atoms with Crippen LogP contribution in [0.5, 0.6) is 5.75 Å². The Labute approximate surface area is 135 Å². The van der Waals surface area contributed by atoms with Gasteiger partial charge in [-0.05, 0) is 44.5 Å². The first-order valence-electron chi connectivity index (χ1n) is 7.58. The summed E-state index contributed by atoms with van der Waals surface area (Å²) in [4.78, 5) is 13.0. The molecule has 1 aliphatic heterocycles. The molecule has 0 aromatic heterocycles. The zero-order valence-electron chi connectivity index (χ0n) is 13.3. The van der Waals surface area contributed by atoms with E-state index in [-0.39, 0.29) is 6.54 Å². The van der Waals surface area contributed by atoms with Crippen molar-refractivity contribution in [1.82, 2.24) is 4.90 Å². The van der Waals surface area contributed by atoms with Gasteiger partial charge in [-0.15, -0.1) is 0 Å². The number of ether oxygens (including phenoxy) is 1. The Balaban J connectivity index is 1.91. The van der Waals surface area contributed by atoms with Crippen LogP contribution in [-0.2, 0) is 4.79 Å². The van der Waals surface area contributed by atoms with Crippen molar-refractivity contribution in [3.05, 3.63) is 29.8 Å². The molecule has 1 saturated heterocycles. The molecule has 5 nitrogen and oxygen atoms in total. The number of piperidine rings is 1. The molecule has 0 saturated carbocycles. The van der Waals surface area contributed by atoms with Gasteiger partial charge in [-0.3, -0.25) is 9.69 Å². The first-order chi connectivity index (χ1) is 10.8. The number of alkyl halides is 1. The summed E-state index contributed by atoms with van der Waals surface area (Å²) in [6.45, 7) is 4.35. The predicted molar refractivity (Wildman–Crippen MR) is 82.9 cm³/mol. The highest BCUT2D eigenvalue weighted by molar-refractivity contribution is 5.73. The van der Waals surface area contributed by atoms with E-state index in [0.29, 0.717) is 30.8 Å². The van der Waals surface area contributed by atoms with Gasteiger partial charge in [0.1, 0.15) is 18.0 Å². The molecular weight excluding hydrogens is 299 g/mol. The van der Waals surface area contributed by atoms with E-state index < -0.39 is 23.7 Å². The molecule has 1 aromatic carbocycles. The van der Waals surface area contributed by atoms with Crippen LogP contribution in [0.15, 0.2) is 24.3 Å². The maximum absolute atomic E-state index is 14.3. The van der Waals surface area contributed by atoms with E-state index in [1.807, 2.05) is 11.0 Å². The fourth-order valence-corrected chi connectivity index (χ4v) is 2.63. The van der Waals surface area contributed by atoms with Crippen molar-refractivity contribution in [2.45, 2.75) is 32.5 Å². The molecule has 1 aromatic rings. The van der Waals surface area contributed by atoms with Gasteiger partial charge in [-0.1, -0.05) is 0 Å². The lowest BCUT2D eigenvalue weighted by Gasteiger charge is -2.37. The third-order valence-electron chi connectivity index (χ3n) is 4.03. The number of halogens is 1. The average molecular weight is 320 g/mol. The minimum atomic E-state index is -1.18. The average Bonchev–Trinajstić information content (AvgIpc) is 2.50. The number of nitriles is 1. The van der Waals surface area contributed by atoms with Gasteiger partial charge >= 0.3 is 5.97 Å². The zero-order chi connectivity index (χ0) is 17.0. The SMILES string of the molecule is CC(C)(CN1CCC(Oc2ccc(C#N)cc2)C(F)C1)C(=O)O. The monoisotopic (exact) mass is 320 g/mol. The second-order valence-electron chi connectivity index (χ2n) is 6.52. The molecule has 1 aliphatic rings. The molecule has 0 aliphatic carbocycles. The van der Waals surface area contributed by atoms with E-state index in [9.17, 15) is 9.18 Å². The van der Waals surface area contributed by atoms with Crippen LogP contribution in [0.4, 0.5) is 4.39 Å². The predicted octanol–water partition coefficient (Wildman–Crippen LogP) is 2.46. The van der Waals surface area contributed by atoms with Crippen LogP contribution in [0.1, 0.15) is 25.8 Å². The van der Waals surface area contributed by atoms with Crippen LogP contribution in [0.2, 0.25) is 0 Å². The number of carboxylic acids is 1. The molecule has 2 atom stereocenters. The van der Waals surface area contributed by atoms with Gasteiger partial charge in [0.15, 0.2) is 0 Å². The minimum absolute atomic E-state index is 0.164. The molecule has 1 heterocycles. The Hall–Kier alpha value is -2.13. The fourth-order valence-electron chi connectivity index (χ4n) is 2.63. The topological polar surface area (TPSA) is 73.6 Å². The summed E-state index contributed by atoms with van der Waals surface area (Å²) in [5.41, 5.74) is -0.375. The summed E-state index contributed by atoms with van der Waals surface area (Å²) >= 11 is 0. The second-order valence-corrected chi connectivity index (χ2v) is 6.52. The maximum Gasteiger partial charge on any atom is 0.310 e.